The highest BCUT2D eigenvalue weighted by Gasteiger charge is 2.30. The van der Waals surface area contributed by atoms with E-state index in [0.29, 0.717) is 29.7 Å². The second kappa shape index (κ2) is 8.20. The first-order valence-electron chi connectivity index (χ1n) is 10.2. The second-order valence-corrected chi connectivity index (χ2v) is 7.30. The molecule has 7 heteroatoms. The SMILES string of the molecule is O=C(c1c(Oc2ccccc2F)n(-c2ccccc2)c2ncccc12)N1CCNCC1. The average Bonchev–Trinajstić information content (AvgIpc) is 3.15. The first kappa shape index (κ1) is 19.3. The Morgan fingerprint density at radius 3 is 2.48 bits per heavy atom. The number of nitrogens with one attached hydrogen (secondary N) is 1. The Bertz CT molecular complexity index is 1230. The molecule has 1 amide bonds. The number of carbonyl (C=O) groups is 1. The summed E-state index contributed by atoms with van der Waals surface area (Å²) >= 11 is 0. The third-order valence-electron chi connectivity index (χ3n) is 5.36. The van der Waals surface area contributed by atoms with Crippen molar-refractivity contribution in [3.05, 3.63) is 84.3 Å². The monoisotopic (exact) mass is 416 g/mol. The molecule has 1 saturated heterocycles. The zero-order valence-electron chi connectivity index (χ0n) is 16.8. The summed E-state index contributed by atoms with van der Waals surface area (Å²) in [5.74, 6) is -0.341. The van der Waals surface area contributed by atoms with Crippen molar-refractivity contribution in [3.8, 4) is 17.3 Å². The summed E-state index contributed by atoms with van der Waals surface area (Å²) in [5, 5.41) is 3.93. The van der Waals surface area contributed by atoms with Crippen molar-refractivity contribution < 1.29 is 13.9 Å². The number of rotatable bonds is 4. The highest BCUT2D eigenvalue weighted by molar-refractivity contribution is 6.09. The topological polar surface area (TPSA) is 59.4 Å². The lowest BCUT2D eigenvalue weighted by Gasteiger charge is -2.27. The van der Waals surface area contributed by atoms with Gasteiger partial charge in [-0.1, -0.05) is 30.3 Å². The molecule has 1 N–H and O–H groups in total. The van der Waals surface area contributed by atoms with Gasteiger partial charge in [-0.05, 0) is 36.4 Å². The summed E-state index contributed by atoms with van der Waals surface area (Å²) < 4.78 is 22.4. The van der Waals surface area contributed by atoms with Gasteiger partial charge in [0.2, 0.25) is 5.88 Å². The molecule has 0 unspecified atom stereocenters. The Labute approximate surface area is 178 Å². The molecule has 3 heterocycles. The van der Waals surface area contributed by atoms with Gasteiger partial charge >= 0.3 is 0 Å². The van der Waals surface area contributed by atoms with Crippen molar-refractivity contribution >= 4 is 16.9 Å². The van der Waals surface area contributed by atoms with Crippen LogP contribution in [0.3, 0.4) is 0 Å². The van der Waals surface area contributed by atoms with Gasteiger partial charge in [0.05, 0.1) is 5.69 Å². The van der Waals surface area contributed by atoms with Gasteiger partial charge in [0.25, 0.3) is 5.91 Å². The van der Waals surface area contributed by atoms with E-state index < -0.39 is 5.82 Å². The van der Waals surface area contributed by atoms with E-state index in [1.165, 1.54) is 6.07 Å². The van der Waals surface area contributed by atoms with Crippen LogP contribution in [0.1, 0.15) is 10.4 Å². The third kappa shape index (κ3) is 3.53. The zero-order chi connectivity index (χ0) is 21.2. The number of piperazine rings is 1. The second-order valence-electron chi connectivity index (χ2n) is 7.30. The molecule has 4 aromatic rings. The lowest BCUT2D eigenvalue weighted by Crippen LogP contribution is -2.46. The van der Waals surface area contributed by atoms with E-state index in [-0.39, 0.29) is 17.5 Å². The molecule has 1 aliphatic rings. The van der Waals surface area contributed by atoms with Crippen molar-refractivity contribution in [2.45, 2.75) is 0 Å². The Kier molecular flexibility index (Phi) is 5.09. The summed E-state index contributed by atoms with van der Waals surface area (Å²) in [4.78, 5) is 20.0. The zero-order valence-corrected chi connectivity index (χ0v) is 16.8. The van der Waals surface area contributed by atoms with Crippen LogP contribution >= 0.6 is 0 Å². The van der Waals surface area contributed by atoms with Gasteiger partial charge < -0.3 is 15.0 Å². The lowest BCUT2D eigenvalue weighted by molar-refractivity contribution is 0.0735. The van der Waals surface area contributed by atoms with Crippen LogP contribution < -0.4 is 10.1 Å². The van der Waals surface area contributed by atoms with Crippen LogP contribution in [0.2, 0.25) is 0 Å². The van der Waals surface area contributed by atoms with Crippen molar-refractivity contribution in [1.82, 2.24) is 19.8 Å². The van der Waals surface area contributed by atoms with Crippen LogP contribution in [0, 0.1) is 5.82 Å². The number of ether oxygens (including phenoxy) is 1. The van der Waals surface area contributed by atoms with Gasteiger partial charge in [0.1, 0.15) is 11.2 Å². The maximum absolute atomic E-state index is 14.5. The summed E-state index contributed by atoms with van der Waals surface area (Å²) in [6.45, 7) is 2.64. The third-order valence-corrected chi connectivity index (χ3v) is 5.36. The number of carbonyl (C=O) groups excluding carboxylic acids is 1. The predicted octanol–water partition coefficient (Wildman–Crippen LogP) is 4.00. The molecule has 156 valence electrons. The van der Waals surface area contributed by atoms with Gasteiger partial charge in [0, 0.05) is 37.8 Å². The van der Waals surface area contributed by atoms with E-state index in [2.05, 4.69) is 10.3 Å². The van der Waals surface area contributed by atoms with Crippen LogP contribution in [-0.2, 0) is 0 Å². The van der Waals surface area contributed by atoms with Crippen molar-refractivity contribution in [3.63, 3.8) is 0 Å². The van der Waals surface area contributed by atoms with Crippen molar-refractivity contribution in [2.75, 3.05) is 26.2 Å². The number of halogens is 1. The van der Waals surface area contributed by atoms with Crippen LogP contribution in [0.4, 0.5) is 4.39 Å². The largest absolute Gasteiger partial charge is 0.436 e. The van der Waals surface area contributed by atoms with E-state index in [1.54, 1.807) is 39.9 Å². The summed E-state index contributed by atoms with van der Waals surface area (Å²) in [7, 11) is 0. The number of hydrogen-bond donors (Lipinski definition) is 1. The maximum Gasteiger partial charge on any atom is 0.260 e. The number of fused-ring (bicyclic) bond motifs is 1. The minimum Gasteiger partial charge on any atom is -0.436 e. The molecule has 0 atom stereocenters. The minimum atomic E-state index is -0.499. The van der Waals surface area contributed by atoms with Crippen molar-refractivity contribution in [1.29, 1.82) is 0 Å². The molecule has 0 aliphatic carbocycles. The fourth-order valence-electron chi connectivity index (χ4n) is 3.87. The summed E-state index contributed by atoms with van der Waals surface area (Å²) in [5.41, 5.74) is 1.74. The minimum absolute atomic E-state index is 0.0526. The molecule has 1 aliphatic heterocycles. The number of hydrogen-bond acceptors (Lipinski definition) is 4. The van der Waals surface area contributed by atoms with Crippen LogP contribution in [0.25, 0.3) is 16.7 Å². The molecule has 0 spiro atoms. The fraction of sp³-hybridized carbons (Fsp3) is 0.167. The molecule has 1 fully saturated rings. The van der Waals surface area contributed by atoms with Gasteiger partial charge in [-0.2, -0.15) is 0 Å². The summed E-state index contributed by atoms with van der Waals surface area (Å²) in [6, 6.07) is 19.3. The Hall–Kier alpha value is -3.71. The van der Waals surface area contributed by atoms with Gasteiger partial charge in [-0.25, -0.2) is 9.37 Å². The van der Waals surface area contributed by atoms with Gasteiger partial charge in [-0.15, -0.1) is 0 Å². The molecule has 0 bridgehead atoms. The molecule has 31 heavy (non-hydrogen) atoms. The number of benzene rings is 2. The number of nitrogens with zero attached hydrogens (tertiary/aromatic N) is 3. The highest BCUT2D eigenvalue weighted by Crippen LogP contribution is 2.38. The average molecular weight is 416 g/mol. The molecular weight excluding hydrogens is 395 g/mol. The fourth-order valence-corrected chi connectivity index (χ4v) is 3.87. The predicted molar refractivity (Wildman–Crippen MR) is 116 cm³/mol. The van der Waals surface area contributed by atoms with Crippen LogP contribution in [0.5, 0.6) is 11.6 Å². The first-order chi connectivity index (χ1) is 15.2. The Morgan fingerprint density at radius 1 is 0.968 bits per heavy atom. The number of aromatic nitrogens is 2. The number of pyridine rings is 1. The van der Waals surface area contributed by atoms with E-state index in [1.807, 2.05) is 36.4 Å². The molecule has 0 saturated carbocycles. The quantitative estimate of drug-likeness (QED) is 0.546. The number of para-hydroxylation sites is 2. The lowest BCUT2D eigenvalue weighted by atomic mass is 10.1. The highest BCUT2D eigenvalue weighted by atomic mass is 19.1. The molecule has 5 rings (SSSR count). The molecular formula is C24H21FN4O2. The first-order valence-corrected chi connectivity index (χ1v) is 10.2. The van der Waals surface area contributed by atoms with Crippen LogP contribution in [-0.4, -0.2) is 46.5 Å². The van der Waals surface area contributed by atoms with Crippen LogP contribution in [0.15, 0.2) is 72.9 Å². The normalized spacial score (nSPS) is 14.0. The van der Waals surface area contributed by atoms with Gasteiger partial charge in [0.15, 0.2) is 11.6 Å². The number of amides is 1. The van der Waals surface area contributed by atoms with E-state index >= 15 is 0 Å². The standard InChI is InChI=1S/C24H21FN4O2/c25-19-10-4-5-11-20(19)31-24-21(23(30)28-15-13-26-14-16-28)18-9-6-12-27-22(18)29(24)17-7-2-1-3-8-17/h1-12,26H,13-16H2. The van der Waals surface area contributed by atoms with Gasteiger partial charge in [-0.3, -0.25) is 9.36 Å². The van der Waals surface area contributed by atoms with Crippen molar-refractivity contribution in [2.24, 2.45) is 0 Å². The van der Waals surface area contributed by atoms with E-state index in [0.717, 1.165) is 18.8 Å². The summed E-state index contributed by atoms with van der Waals surface area (Å²) in [6.07, 6.45) is 1.67. The van der Waals surface area contributed by atoms with E-state index in [9.17, 15) is 9.18 Å². The smallest absolute Gasteiger partial charge is 0.260 e. The Morgan fingerprint density at radius 2 is 1.71 bits per heavy atom. The Balaban J connectivity index is 1.76. The maximum atomic E-state index is 14.5. The molecule has 0 radical (unpaired) electrons. The van der Waals surface area contributed by atoms with E-state index in [4.69, 9.17) is 4.74 Å². The molecule has 2 aromatic heterocycles. The molecule has 6 nitrogen and oxygen atoms in total. The molecule has 2 aromatic carbocycles.